The first-order chi connectivity index (χ1) is 8.33. The highest BCUT2D eigenvalue weighted by Crippen LogP contribution is 2.19. The van der Waals surface area contributed by atoms with Gasteiger partial charge in [0.2, 0.25) is 5.89 Å². The minimum atomic E-state index is 0.595. The number of likely N-dealkylation sites (N-methyl/N-ethyl adjacent to an activating group) is 2. The Hall–Kier alpha value is -0.940. The van der Waals surface area contributed by atoms with Crippen LogP contribution in [0.3, 0.4) is 0 Å². The molecule has 1 aromatic heterocycles. The molecule has 0 amide bonds. The van der Waals surface area contributed by atoms with Crippen molar-refractivity contribution < 1.29 is 4.52 Å². The van der Waals surface area contributed by atoms with Crippen molar-refractivity contribution in [1.29, 1.82) is 0 Å². The van der Waals surface area contributed by atoms with Crippen LogP contribution in [0.25, 0.3) is 0 Å². The SMILES string of the molecule is CCN1CCCC1Cc1nc(CCNC)no1. The number of likely N-dealkylation sites (tertiary alicyclic amines) is 1. The summed E-state index contributed by atoms with van der Waals surface area (Å²) in [6.07, 6.45) is 4.28. The van der Waals surface area contributed by atoms with Gasteiger partial charge in [0.15, 0.2) is 5.82 Å². The molecule has 2 heterocycles. The van der Waals surface area contributed by atoms with E-state index < -0.39 is 0 Å². The predicted octanol–water partition coefficient (Wildman–Crippen LogP) is 0.858. The van der Waals surface area contributed by atoms with Crippen molar-refractivity contribution in [3.63, 3.8) is 0 Å². The van der Waals surface area contributed by atoms with Gasteiger partial charge in [-0.15, -0.1) is 0 Å². The molecule has 1 aromatic rings. The van der Waals surface area contributed by atoms with Gasteiger partial charge in [-0.2, -0.15) is 4.98 Å². The third kappa shape index (κ3) is 3.26. The summed E-state index contributed by atoms with van der Waals surface area (Å²) in [5.74, 6) is 1.61. The molecule has 1 aliphatic rings. The maximum absolute atomic E-state index is 5.30. The zero-order chi connectivity index (χ0) is 12.1. The minimum absolute atomic E-state index is 0.595. The summed E-state index contributed by atoms with van der Waals surface area (Å²) in [7, 11) is 1.93. The molecular formula is C12H22N4O. The predicted molar refractivity (Wildman–Crippen MR) is 65.9 cm³/mol. The maximum Gasteiger partial charge on any atom is 0.228 e. The van der Waals surface area contributed by atoms with Gasteiger partial charge in [0.25, 0.3) is 0 Å². The Morgan fingerprint density at radius 1 is 1.53 bits per heavy atom. The van der Waals surface area contributed by atoms with Gasteiger partial charge in [-0.05, 0) is 33.0 Å². The third-order valence-corrected chi connectivity index (χ3v) is 3.42. The van der Waals surface area contributed by atoms with Crippen molar-refractivity contribution in [3.8, 4) is 0 Å². The van der Waals surface area contributed by atoms with Crippen LogP contribution in [0.2, 0.25) is 0 Å². The molecule has 1 aliphatic heterocycles. The largest absolute Gasteiger partial charge is 0.339 e. The second kappa shape index (κ2) is 6.12. The van der Waals surface area contributed by atoms with Gasteiger partial charge in [-0.1, -0.05) is 12.1 Å². The summed E-state index contributed by atoms with van der Waals surface area (Å²) in [6.45, 7) is 5.43. The molecule has 1 unspecified atom stereocenters. The molecule has 0 radical (unpaired) electrons. The summed E-state index contributed by atoms with van der Waals surface area (Å²) >= 11 is 0. The Kier molecular flexibility index (Phi) is 4.50. The molecule has 2 rings (SSSR count). The fourth-order valence-electron chi connectivity index (χ4n) is 2.46. The van der Waals surface area contributed by atoms with E-state index in [1.54, 1.807) is 0 Å². The number of nitrogens with one attached hydrogen (secondary N) is 1. The van der Waals surface area contributed by atoms with Crippen LogP contribution < -0.4 is 5.32 Å². The highest BCUT2D eigenvalue weighted by atomic mass is 16.5. The molecule has 1 atom stereocenters. The van der Waals surface area contributed by atoms with Crippen molar-refractivity contribution in [2.45, 2.75) is 38.6 Å². The Labute approximate surface area is 103 Å². The van der Waals surface area contributed by atoms with Crippen LogP contribution in [0.15, 0.2) is 4.52 Å². The van der Waals surface area contributed by atoms with Gasteiger partial charge < -0.3 is 14.7 Å². The van der Waals surface area contributed by atoms with E-state index in [0.717, 1.165) is 37.6 Å². The molecule has 0 aliphatic carbocycles. The normalized spacial score (nSPS) is 21.2. The second-order valence-electron chi connectivity index (χ2n) is 4.59. The Balaban J connectivity index is 1.87. The topological polar surface area (TPSA) is 54.2 Å². The van der Waals surface area contributed by atoms with Crippen molar-refractivity contribution in [2.75, 3.05) is 26.7 Å². The average molecular weight is 238 g/mol. The molecule has 1 saturated heterocycles. The minimum Gasteiger partial charge on any atom is -0.339 e. The van der Waals surface area contributed by atoms with E-state index >= 15 is 0 Å². The summed E-state index contributed by atoms with van der Waals surface area (Å²) in [5, 5.41) is 7.09. The van der Waals surface area contributed by atoms with E-state index in [4.69, 9.17) is 4.52 Å². The van der Waals surface area contributed by atoms with Crippen LogP contribution in [0.4, 0.5) is 0 Å². The summed E-state index contributed by atoms with van der Waals surface area (Å²) < 4.78 is 5.30. The summed E-state index contributed by atoms with van der Waals surface area (Å²) in [4.78, 5) is 6.93. The average Bonchev–Trinajstić information content (AvgIpc) is 2.96. The van der Waals surface area contributed by atoms with E-state index in [-0.39, 0.29) is 0 Å². The Bertz CT molecular complexity index is 339. The van der Waals surface area contributed by atoms with Gasteiger partial charge >= 0.3 is 0 Å². The standard InChI is InChI=1S/C12H22N4O/c1-3-16-8-4-5-10(16)9-12-14-11(15-17-12)6-7-13-2/h10,13H,3-9H2,1-2H3. The molecule has 0 aromatic carbocycles. The molecule has 0 saturated carbocycles. The first-order valence-electron chi connectivity index (χ1n) is 6.53. The van der Waals surface area contributed by atoms with Crippen LogP contribution in [-0.4, -0.2) is 47.8 Å². The zero-order valence-corrected chi connectivity index (χ0v) is 10.8. The fraction of sp³-hybridized carbons (Fsp3) is 0.833. The molecule has 0 spiro atoms. The first-order valence-corrected chi connectivity index (χ1v) is 6.53. The van der Waals surface area contributed by atoms with Crippen LogP contribution in [-0.2, 0) is 12.8 Å². The smallest absolute Gasteiger partial charge is 0.228 e. The van der Waals surface area contributed by atoms with Crippen LogP contribution >= 0.6 is 0 Å². The maximum atomic E-state index is 5.30. The monoisotopic (exact) mass is 238 g/mol. The van der Waals surface area contributed by atoms with E-state index in [2.05, 4.69) is 27.3 Å². The van der Waals surface area contributed by atoms with Crippen LogP contribution in [0, 0.1) is 0 Å². The Morgan fingerprint density at radius 2 is 2.41 bits per heavy atom. The first kappa shape index (κ1) is 12.5. The van der Waals surface area contributed by atoms with Gasteiger partial charge in [-0.25, -0.2) is 0 Å². The van der Waals surface area contributed by atoms with E-state index in [1.165, 1.54) is 19.4 Å². The molecule has 96 valence electrons. The zero-order valence-electron chi connectivity index (χ0n) is 10.8. The molecule has 1 N–H and O–H groups in total. The molecular weight excluding hydrogens is 216 g/mol. The summed E-state index contributed by atoms with van der Waals surface area (Å²) in [5.41, 5.74) is 0. The number of nitrogens with zero attached hydrogens (tertiary/aromatic N) is 3. The Morgan fingerprint density at radius 3 is 3.18 bits per heavy atom. The van der Waals surface area contributed by atoms with E-state index in [9.17, 15) is 0 Å². The fourth-order valence-corrected chi connectivity index (χ4v) is 2.46. The van der Waals surface area contributed by atoms with Crippen LogP contribution in [0.1, 0.15) is 31.5 Å². The molecule has 5 nitrogen and oxygen atoms in total. The second-order valence-corrected chi connectivity index (χ2v) is 4.59. The number of rotatable bonds is 6. The number of hydrogen-bond acceptors (Lipinski definition) is 5. The van der Waals surface area contributed by atoms with Crippen molar-refractivity contribution >= 4 is 0 Å². The van der Waals surface area contributed by atoms with Gasteiger partial charge in [-0.3, -0.25) is 0 Å². The van der Waals surface area contributed by atoms with Gasteiger partial charge in [0.05, 0.1) is 0 Å². The molecule has 1 fully saturated rings. The number of aromatic nitrogens is 2. The van der Waals surface area contributed by atoms with Gasteiger partial charge in [0, 0.05) is 25.4 Å². The molecule has 17 heavy (non-hydrogen) atoms. The van der Waals surface area contributed by atoms with Crippen LogP contribution in [0.5, 0.6) is 0 Å². The lowest BCUT2D eigenvalue weighted by Gasteiger charge is -2.20. The lowest BCUT2D eigenvalue weighted by molar-refractivity contribution is 0.246. The highest BCUT2D eigenvalue weighted by Gasteiger charge is 2.25. The number of hydrogen-bond donors (Lipinski definition) is 1. The quantitative estimate of drug-likeness (QED) is 0.796. The lowest BCUT2D eigenvalue weighted by atomic mass is 10.1. The highest BCUT2D eigenvalue weighted by molar-refractivity contribution is 4.92. The molecule has 5 heteroatoms. The van der Waals surface area contributed by atoms with E-state index in [0.29, 0.717) is 6.04 Å². The lowest BCUT2D eigenvalue weighted by Crippen LogP contribution is -2.30. The molecule has 0 bridgehead atoms. The van der Waals surface area contributed by atoms with Crippen molar-refractivity contribution in [1.82, 2.24) is 20.4 Å². The summed E-state index contributed by atoms with van der Waals surface area (Å²) in [6, 6.07) is 0.595. The van der Waals surface area contributed by atoms with Crippen molar-refractivity contribution in [2.24, 2.45) is 0 Å². The third-order valence-electron chi connectivity index (χ3n) is 3.42. The van der Waals surface area contributed by atoms with Gasteiger partial charge in [0.1, 0.15) is 0 Å². The van der Waals surface area contributed by atoms with E-state index in [1.807, 2.05) is 7.05 Å². The van der Waals surface area contributed by atoms with Crippen molar-refractivity contribution in [3.05, 3.63) is 11.7 Å².